The van der Waals surface area contributed by atoms with Crippen molar-refractivity contribution >= 4 is 5.69 Å². The first-order valence-corrected chi connectivity index (χ1v) is 7.10. The molecule has 23 heavy (non-hydrogen) atoms. The van der Waals surface area contributed by atoms with E-state index in [4.69, 9.17) is 5.26 Å². The van der Waals surface area contributed by atoms with Gasteiger partial charge in [0.1, 0.15) is 18.1 Å². The quantitative estimate of drug-likeness (QED) is 0.642. The zero-order chi connectivity index (χ0) is 16.4. The SMILES string of the molecule is N#Cc1cc(CN2CCc3ncc([N+](=O)[O-])cc3C2)ccc1F. The van der Waals surface area contributed by atoms with Gasteiger partial charge in [-0.3, -0.25) is 20.0 Å². The molecular weight excluding hydrogens is 299 g/mol. The molecule has 0 radical (unpaired) electrons. The van der Waals surface area contributed by atoms with Crippen LogP contribution in [0, 0.1) is 27.3 Å². The van der Waals surface area contributed by atoms with Crippen molar-refractivity contribution in [2.45, 2.75) is 19.5 Å². The van der Waals surface area contributed by atoms with Crippen LogP contribution in [0.3, 0.4) is 0 Å². The van der Waals surface area contributed by atoms with Gasteiger partial charge in [0.2, 0.25) is 0 Å². The van der Waals surface area contributed by atoms with Crippen LogP contribution in [-0.2, 0) is 19.5 Å². The number of aromatic nitrogens is 1. The van der Waals surface area contributed by atoms with E-state index in [0.29, 0.717) is 19.5 Å². The minimum atomic E-state index is -0.528. The van der Waals surface area contributed by atoms with E-state index in [9.17, 15) is 14.5 Å². The zero-order valence-electron chi connectivity index (χ0n) is 12.2. The molecule has 2 aromatic rings. The Bertz CT molecular complexity index is 816. The fourth-order valence-electron chi connectivity index (χ4n) is 2.72. The molecule has 0 unspecified atom stereocenters. The first-order chi connectivity index (χ1) is 11.1. The molecule has 1 aliphatic heterocycles. The second-order valence-corrected chi connectivity index (χ2v) is 5.44. The lowest BCUT2D eigenvalue weighted by Crippen LogP contribution is -2.30. The summed E-state index contributed by atoms with van der Waals surface area (Å²) in [5, 5.41) is 19.7. The van der Waals surface area contributed by atoms with Gasteiger partial charge in [0, 0.05) is 37.8 Å². The van der Waals surface area contributed by atoms with Crippen LogP contribution >= 0.6 is 0 Å². The molecule has 2 heterocycles. The van der Waals surface area contributed by atoms with Crippen molar-refractivity contribution in [3.63, 3.8) is 0 Å². The summed E-state index contributed by atoms with van der Waals surface area (Å²) in [4.78, 5) is 16.7. The highest BCUT2D eigenvalue weighted by Crippen LogP contribution is 2.23. The van der Waals surface area contributed by atoms with E-state index in [1.54, 1.807) is 12.1 Å². The maximum atomic E-state index is 13.4. The summed E-state index contributed by atoms with van der Waals surface area (Å²) in [6.45, 7) is 1.86. The Balaban J connectivity index is 1.78. The van der Waals surface area contributed by atoms with Gasteiger partial charge in [-0.05, 0) is 23.3 Å². The molecule has 1 aliphatic rings. The zero-order valence-corrected chi connectivity index (χ0v) is 12.2. The van der Waals surface area contributed by atoms with Gasteiger partial charge in [0.05, 0.1) is 10.5 Å². The third kappa shape index (κ3) is 3.17. The van der Waals surface area contributed by atoms with E-state index in [0.717, 1.165) is 23.4 Å². The van der Waals surface area contributed by atoms with Gasteiger partial charge in [-0.25, -0.2) is 4.39 Å². The van der Waals surface area contributed by atoms with Crippen molar-refractivity contribution in [1.29, 1.82) is 5.26 Å². The lowest BCUT2D eigenvalue weighted by molar-refractivity contribution is -0.385. The lowest BCUT2D eigenvalue weighted by atomic mass is 10.0. The van der Waals surface area contributed by atoms with Crippen LogP contribution in [-0.4, -0.2) is 21.4 Å². The molecule has 0 saturated carbocycles. The normalized spacial score (nSPS) is 14.1. The third-order valence-electron chi connectivity index (χ3n) is 3.87. The standard InChI is InChI=1S/C16H13FN4O2/c17-15-2-1-11(5-12(15)7-18)9-20-4-3-16-13(10-20)6-14(8-19-16)21(22)23/h1-2,5-6,8H,3-4,9-10H2. The van der Waals surface area contributed by atoms with Gasteiger partial charge >= 0.3 is 0 Å². The number of pyridine rings is 1. The molecule has 6 nitrogen and oxygen atoms in total. The van der Waals surface area contributed by atoms with Gasteiger partial charge in [0.25, 0.3) is 5.69 Å². The first-order valence-electron chi connectivity index (χ1n) is 7.10. The third-order valence-corrected chi connectivity index (χ3v) is 3.87. The van der Waals surface area contributed by atoms with Gasteiger partial charge in [-0.1, -0.05) is 6.07 Å². The monoisotopic (exact) mass is 312 g/mol. The second kappa shape index (κ2) is 6.10. The highest BCUT2D eigenvalue weighted by Gasteiger charge is 2.20. The number of hydrogen-bond donors (Lipinski definition) is 0. The summed E-state index contributed by atoms with van der Waals surface area (Å²) in [7, 11) is 0. The Morgan fingerprint density at radius 3 is 3.00 bits per heavy atom. The molecule has 0 bridgehead atoms. The van der Waals surface area contributed by atoms with Crippen molar-refractivity contribution in [1.82, 2.24) is 9.88 Å². The lowest BCUT2D eigenvalue weighted by Gasteiger charge is -2.27. The predicted molar refractivity (Wildman–Crippen MR) is 79.8 cm³/mol. The molecule has 7 heteroatoms. The van der Waals surface area contributed by atoms with Crippen LogP contribution in [0.5, 0.6) is 0 Å². The number of nitriles is 1. The van der Waals surface area contributed by atoms with Crippen molar-refractivity contribution in [3.8, 4) is 6.07 Å². The first kappa shape index (κ1) is 15.1. The van der Waals surface area contributed by atoms with Gasteiger partial charge in [0.15, 0.2) is 0 Å². The van der Waals surface area contributed by atoms with Gasteiger partial charge < -0.3 is 0 Å². The number of nitrogens with zero attached hydrogens (tertiary/aromatic N) is 4. The topological polar surface area (TPSA) is 83.1 Å². The number of fused-ring (bicyclic) bond motifs is 1. The molecule has 0 amide bonds. The van der Waals surface area contributed by atoms with Crippen molar-refractivity contribution < 1.29 is 9.31 Å². The minimum absolute atomic E-state index is 0.0147. The molecular formula is C16H13FN4O2. The Labute approximate surface area is 131 Å². The molecule has 116 valence electrons. The summed E-state index contributed by atoms with van der Waals surface area (Å²) < 4.78 is 13.4. The number of nitro groups is 1. The predicted octanol–water partition coefficient (Wildman–Crippen LogP) is 2.56. The highest BCUT2D eigenvalue weighted by atomic mass is 19.1. The number of rotatable bonds is 3. The largest absolute Gasteiger partial charge is 0.294 e. The fourth-order valence-corrected chi connectivity index (χ4v) is 2.72. The number of hydrogen-bond acceptors (Lipinski definition) is 5. The Kier molecular flexibility index (Phi) is 4.00. The molecule has 0 atom stereocenters. The fraction of sp³-hybridized carbons (Fsp3) is 0.250. The van der Waals surface area contributed by atoms with Crippen LogP contribution < -0.4 is 0 Å². The molecule has 0 aliphatic carbocycles. The summed E-state index contributed by atoms with van der Waals surface area (Å²) in [6, 6.07) is 7.86. The molecule has 1 aromatic heterocycles. The summed E-state index contributed by atoms with van der Waals surface area (Å²) in [5.74, 6) is -0.528. The van der Waals surface area contributed by atoms with Crippen molar-refractivity contribution in [2.75, 3.05) is 6.54 Å². The van der Waals surface area contributed by atoms with E-state index in [2.05, 4.69) is 9.88 Å². The molecule has 1 aromatic carbocycles. The molecule has 0 saturated heterocycles. The Hall–Kier alpha value is -2.85. The van der Waals surface area contributed by atoms with E-state index in [1.807, 2.05) is 6.07 Å². The van der Waals surface area contributed by atoms with Crippen molar-refractivity contribution in [3.05, 3.63) is 68.8 Å². The van der Waals surface area contributed by atoms with E-state index in [1.165, 1.54) is 18.3 Å². The van der Waals surface area contributed by atoms with Crippen LogP contribution in [0.15, 0.2) is 30.5 Å². The smallest absolute Gasteiger partial charge is 0.287 e. The van der Waals surface area contributed by atoms with Crippen LogP contribution in [0.1, 0.15) is 22.4 Å². The maximum Gasteiger partial charge on any atom is 0.287 e. The van der Waals surface area contributed by atoms with E-state index >= 15 is 0 Å². The summed E-state index contributed by atoms with van der Waals surface area (Å²) in [6.07, 6.45) is 1.99. The summed E-state index contributed by atoms with van der Waals surface area (Å²) in [5.41, 5.74) is 2.57. The number of halogens is 1. The minimum Gasteiger partial charge on any atom is -0.294 e. The average molecular weight is 312 g/mol. The van der Waals surface area contributed by atoms with Crippen LogP contribution in [0.4, 0.5) is 10.1 Å². The molecule has 0 spiro atoms. The number of benzene rings is 1. The van der Waals surface area contributed by atoms with Crippen LogP contribution in [0.2, 0.25) is 0 Å². The second-order valence-electron chi connectivity index (χ2n) is 5.44. The Morgan fingerprint density at radius 2 is 2.26 bits per heavy atom. The van der Waals surface area contributed by atoms with Crippen molar-refractivity contribution in [2.24, 2.45) is 0 Å². The average Bonchev–Trinajstić information content (AvgIpc) is 2.56. The molecule has 3 rings (SSSR count). The molecule has 0 N–H and O–H groups in total. The van der Waals surface area contributed by atoms with E-state index < -0.39 is 10.7 Å². The summed E-state index contributed by atoms with van der Waals surface area (Å²) >= 11 is 0. The van der Waals surface area contributed by atoms with Crippen LogP contribution in [0.25, 0.3) is 0 Å². The van der Waals surface area contributed by atoms with E-state index in [-0.39, 0.29) is 11.3 Å². The highest BCUT2D eigenvalue weighted by molar-refractivity contribution is 5.36. The van der Waals surface area contributed by atoms with Gasteiger partial charge in [-0.15, -0.1) is 0 Å². The molecule has 0 fully saturated rings. The maximum absolute atomic E-state index is 13.4. The van der Waals surface area contributed by atoms with Gasteiger partial charge in [-0.2, -0.15) is 5.26 Å². The Morgan fingerprint density at radius 1 is 1.43 bits per heavy atom.